The highest BCUT2D eigenvalue weighted by molar-refractivity contribution is 6.04. The molecule has 0 fully saturated rings. The molecule has 2 aromatic carbocycles. The number of para-hydroxylation sites is 1. The van der Waals surface area contributed by atoms with E-state index in [2.05, 4.69) is 20.8 Å². The van der Waals surface area contributed by atoms with Crippen molar-refractivity contribution in [3.8, 4) is 0 Å². The van der Waals surface area contributed by atoms with Crippen molar-refractivity contribution in [2.24, 2.45) is 0 Å². The molecule has 26 heavy (non-hydrogen) atoms. The SMILES string of the molecule is CCOC(=O)NC(CNC(=O)c1n[nH]c2ccccc12)c1ccccc1. The Hall–Kier alpha value is -3.35. The lowest BCUT2D eigenvalue weighted by Gasteiger charge is -2.19. The standard InChI is InChI=1S/C19H20N4O3/c1-2-26-19(25)21-16(13-8-4-3-5-9-13)12-20-18(24)17-14-10-6-7-11-15(14)22-23-17/h3-11,16H,2,12H2,1H3,(H,20,24)(H,21,25)(H,22,23). The number of amides is 2. The lowest BCUT2D eigenvalue weighted by molar-refractivity contribution is 0.0943. The van der Waals surface area contributed by atoms with Gasteiger partial charge < -0.3 is 15.4 Å². The second-order valence-electron chi connectivity index (χ2n) is 5.66. The molecule has 1 aromatic heterocycles. The Labute approximate surface area is 150 Å². The molecule has 0 aliphatic rings. The van der Waals surface area contributed by atoms with Crippen molar-refractivity contribution in [2.75, 3.05) is 13.2 Å². The highest BCUT2D eigenvalue weighted by atomic mass is 16.5. The van der Waals surface area contributed by atoms with Gasteiger partial charge in [0.15, 0.2) is 5.69 Å². The number of H-pyrrole nitrogens is 1. The number of alkyl carbamates (subject to hydrolysis) is 1. The minimum absolute atomic E-state index is 0.211. The first kappa shape index (κ1) is 17.5. The van der Waals surface area contributed by atoms with E-state index in [-0.39, 0.29) is 19.1 Å². The zero-order valence-corrected chi connectivity index (χ0v) is 14.4. The minimum atomic E-state index is -0.527. The molecule has 0 aliphatic carbocycles. The molecule has 134 valence electrons. The van der Waals surface area contributed by atoms with E-state index in [0.717, 1.165) is 16.5 Å². The fourth-order valence-corrected chi connectivity index (χ4v) is 2.67. The van der Waals surface area contributed by atoms with Gasteiger partial charge in [-0.1, -0.05) is 48.5 Å². The number of benzene rings is 2. The van der Waals surface area contributed by atoms with E-state index in [0.29, 0.717) is 5.69 Å². The summed E-state index contributed by atoms with van der Waals surface area (Å²) in [5, 5.41) is 13.3. The van der Waals surface area contributed by atoms with E-state index in [4.69, 9.17) is 4.74 Å². The summed E-state index contributed by atoms with van der Waals surface area (Å²) in [7, 11) is 0. The number of hydrogen-bond acceptors (Lipinski definition) is 4. The second kappa shape index (κ2) is 8.15. The Bertz CT molecular complexity index is 892. The van der Waals surface area contributed by atoms with Gasteiger partial charge in [0.2, 0.25) is 0 Å². The molecule has 1 atom stereocenters. The van der Waals surface area contributed by atoms with E-state index in [1.54, 1.807) is 6.92 Å². The van der Waals surface area contributed by atoms with Crippen molar-refractivity contribution in [1.82, 2.24) is 20.8 Å². The molecule has 0 saturated heterocycles. The lowest BCUT2D eigenvalue weighted by Crippen LogP contribution is -2.38. The first-order valence-electron chi connectivity index (χ1n) is 8.38. The second-order valence-corrected chi connectivity index (χ2v) is 5.66. The van der Waals surface area contributed by atoms with E-state index >= 15 is 0 Å². The summed E-state index contributed by atoms with van der Waals surface area (Å²) in [5.74, 6) is -0.311. The maximum Gasteiger partial charge on any atom is 0.407 e. The monoisotopic (exact) mass is 352 g/mol. The molecule has 0 bridgehead atoms. The Balaban J connectivity index is 1.72. The number of fused-ring (bicyclic) bond motifs is 1. The van der Waals surface area contributed by atoms with Gasteiger partial charge in [-0.25, -0.2) is 4.79 Å². The number of nitrogens with zero attached hydrogens (tertiary/aromatic N) is 1. The minimum Gasteiger partial charge on any atom is -0.450 e. The summed E-state index contributed by atoms with van der Waals surface area (Å²) in [6.07, 6.45) is -0.527. The van der Waals surface area contributed by atoms with Crippen LogP contribution in [-0.2, 0) is 4.74 Å². The summed E-state index contributed by atoms with van der Waals surface area (Å²) in [5.41, 5.74) is 1.98. The van der Waals surface area contributed by atoms with Crippen LogP contribution >= 0.6 is 0 Å². The number of nitrogens with one attached hydrogen (secondary N) is 3. The van der Waals surface area contributed by atoms with Gasteiger partial charge in [0.05, 0.1) is 18.2 Å². The molecule has 3 aromatic rings. The molecule has 0 radical (unpaired) electrons. The highest BCUT2D eigenvalue weighted by Crippen LogP contribution is 2.16. The van der Waals surface area contributed by atoms with Crippen molar-refractivity contribution in [1.29, 1.82) is 0 Å². The summed E-state index contributed by atoms with van der Waals surface area (Å²) in [4.78, 5) is 24.3. The number of aromatic amines is 1. The Morgan fingerprint density at radius 2 is 1.85 bits per heavy atom. The van der Waals surface area contributed by atoms with Crippen molar-refractivity contribution < 1.29 is 14.3 Å². The fourth-order valence-electron chi connectivity index (χ4n) is 2.67. The number of rotatable bonds is 6. The van der Waals surface area contributed by atoms with Crippen LogP contribution in [-0.4, -0.2) is 35.3 Å². The van der Waals surface area contributed by atoms with Crippen molar-refractivity contribution in [3.63, 3.8) is 0 Å². The van der Waals surface area contributed by atoms with Gasteiger partial charge in [0.1, 0.15) is 0 Å². The summed E-state index contributed by atoms with van der Waals surface area (Å²) >= 11 is 0. The van der Waals surface area contributed by atoms with E-state index in [1.807, 2.05) is 54.6 Å². The molecule has 7 nitrogen and oxygen atoms in total. The molecule has 1 unspecified atom stereocenters. The van der Waals surface area contributed by atoms with Crippen LogP contribution in [0.15, 0.2) is 54.6 Å². The summed E-state index contributed by atoms with van der Waals surface area (Å²) in [6.45, 7) is 2.23. The third-order valence-electron chi connectivity index (χ3n) is 3.92. The molecule has 2 amide bonds. The highest BCUT2D eigenvalue weighted by Gasteiger charge is 2.19. The molecular formula is C19H20N4O3. The van der Waals surface area contributed by atoms with Gasteiger partial charge in [0, 0.05) is 11.9 Å². The zero-order valence-electron chi connectivity index (χ0n) is 14.4. The molecule has 0 saturated carbocycles. The van der Waals surface area contributed by atoms with Crippen LogP contribution in [0.2, 0.25) is 0 Å². The average Bonchev–Trinajstić information content (AvgIpc) is 3.10. The number of aromatic nitrogens is 2. The molecule has 1 heterocycles. The zero-order chi connectivity index (χ0) is 18.4. The third kappa shape index (κ3) is 4.00. The molecule has 7 heteroatoms. The van der Waals surface area contributed by atoms with Crippen LogP contribution < -0.4 is 10.6 Å². The predicted molar refractivity (Wildman–Crippen MR) is 97.8 cm³/mol. The Morgan fingerprint density at radius 1 is 1.12 bits per heavy atom. The van der Waals surface area contributed by atoms with Crippen LogP contribution in [0.4, 0.5) is 4.79 Å². The quantitative estimate of drug-likeness (QED) is 0.635. The van der Waals surface area contributed by atoms with E-state index in [9.17, 15) is 9.59 Å². The van der Waals surface area contributed by atoms with Crippen LogP contribution in [0.5, 0.6) is 0 Å². The van der Waals surface area contributed by atoms with Gasteiger partial charge in [-0.15, -0.1) is 0 Å². The first-order valence-corrected chi connectivity index (χ1v) is 8.38. The van der Waals surface area contributed by atoms with Gasteiger partial charge in [-0.2, -0.15) is 5.10 Å². The van der Waals surface area contributed by atoms with Gasteiger partial charge in [-0.05, 0) is 18.6 Å². The summed E-state index contributed by atoms with van der Waals surface area (Å²) in [6, 6.07) is 16.4. The topological polar surface area (TPSA) is 96.1 Å². The smallest absolute Gasteiger partial charge is 0.407 e. The molecule has 3 rings (SSSR count). The molecule has 0 spiro atoms. The number of hydrogen-bond donors (Lipinski definition) is 3. The molecule has 3 N–H and O–H groups in total. The molecular weight excluding hydrogens is 332 g/mol. The largest absolute Gasteiger partial charge is 0.450 e. The maximum absolute atomic E-state index is 12.5. The number of carbonyl (C=O) groups is 2. The first-order chi connectivity index (χ1) is 12.7. The average molecular weight is 352 g/mol. The van der Waals surface area contributed by atoms with Crippen LogP contribution in [0.1, 0.15) is 29.0 Å². The molecule has 0 aliphatic heterocycles. The van der Waals surface area contributed by atoms with Crippen LogP contribution in [0.3, 0.4) is 0 Å². The van der Waals surface area contributed by atoms with E-state index < -0.39 is 12.1 Å². The van der Waals surface area contributed by atoms with Gasteiger partial charge in [-0.3, -0.25) is 9.89 Å². The summed E-state index contributed by atoms with van der Waals surface area (Å²) < 4.78 is 4.95. The Morgan fingerprint density at radius 3 is 2.62 bits per heavy atom. The van der Waals surface area contributed by atoms with Gasteiger partial charge >= 0.3 is 6.09 Å². The van der Waals surface area contributed by atoms with Crippen molar-refractivity contribution in [2.45, 2.75) is 13.0 Å². The lowest BCUT2D eigenvalue weighted by atomic mass is 10.1. The van der Waals surface area contributed by atoms with Crippen molar-refractivity contribution in [3.05, 3.63) is 65.9 Å². The van der Waals surface area contributed by atoms with Crippen molar-refractivity contribution >= 4 is 22.9 Å². The Kier molecular flexibility index (Phi) is 5.48. The van der Waals surface area contributed by atoms with Crippen LogP contribution in [0, 0.1) is 0 Å². The van der Waals surface area contributed by atoms with Crippen LogP contribution in [0.25, 0.3) is 10.9 Å². The fraction of sp³-hybridized carbons (Fsp3) is 0.211. The van der Waals surface area contributed by atoms with Gasteiger partial charge in [0.25, 0.3) is 5.91 Å². The third-order valence-corrected chi connectivity index (χ3v) is 3.92. The predicted octanol–water partition coefficient (Wildman–Crippen LogP) is 2.78. The van der Waals surface area contributed by atoms with E-state index in [1.165, 1.54) is 0 Å². The number of ether oxygens (including phenoxy) is 1. The number of carbonyl (C=O) groups excluding carboxylic acids is 2. The normalized spacial score (nSPS) is 11.7. The maximum atomic E-state index is 12.5.